The van der Waals surface area contributed by atoms with Crippen molar-refractivity contribution in [2.75, 3.05) is 39.9 Å². The molecule has 1 fully saturated rings. The summed E-state index contributed by atoms with van der Waals surface area (Å²) in [6.45, 7) is 9.11. The molecule has 1 unspecified atom stereocenters. The highest BCUT2D eigenvalue weighted by Gasteiger charge is 2.30. The molecule has 0 spiro atoms. The van der Waals surface area contributed by atoms with E-state index in [4.69, 9.17) is 4.74 Å². The van der Waals surface area contributed by atoms with Crippen molar-refractivity contribution in [3.63, 3.8) is 0 Å². The lowest BCUT2D eigenvalue weighted by molar-refractivity contribution is -0.137. The summed E-state index contributed by atoms with van der Waals surface area (Å²) in [7, 11) is 1.65. The van der Waals surface area contributed by atoms with Gasteiger partial charge in [-0.2, -0.15) is 18.4 Å². The third-order valence-electron chi connectivity index (χ3n) is 6.37. The van der Waals surface area contributed by atoms with Crippen LogP contribution in [0.2, 0.25) is 0 Å². The van der Waals surface area contributed by atoms with E-state index in [1.165, 1.54) is 12.1 Å². The lowest BCUT2D eigenvalue weighted by Crippen LogP contribution is -2.48. The Morgan fingerprint density at radius 1 is 1.17 bits per heavy atom. The van der Waals surface area contributed by atoms with Crippen LogP contribution >= 0.6 is 0 Å². The quantitative estimate of drug-likeness (QED) is 0.423. The molecule has 1 aliphatic rings. The minimum atomic E-state index is -4.35. The number of aromatic nitrogens is 1. The number of hydrogen-bond acceptors (Lipinski definition) is 4. The number of ether oxygens (including phenoxy) is 1. The van der Waals surface area contributed by atoms with Crippen molar-refractivity contribution in [2.24, 2.45) is 0 Å². The number of amides is 1. The number of methoxy groups -OCH3 is 1. The Morgan fingerprint density at radius 3 is 2.34 bits per heavy atom. The summed E-state index contributed by atoms with van der Waals surface area (Å²) < 4.78 is 45.7. The number of carbonyl (C=O) groups excluding carboxylic acids is 1. The number of hydrogen-bond donors (Lipinski definition) is 0. The molecule has 188 valence electrons. The molecule has 1 amide bonds. The standard InChI is InChI=1S/C26H31F3N4O2/c1-18-13-22(20(3)33(18)19(2)17-35-4)14-23(15-30)25(34)32-11-9-31(10-12-32)16-21-5-7-24(8-6-21)26(27,28)29/h5-8,13-14,19H,9-12,16-17H2,1-4H3/b23-14-. The molecule has 1 aromatic heterocycles. The third-order valence-corrected chi connectivity index (χ3v) is 6.37. The lowest BCUT2D eigenvalue weighted by Gasteiger charge is -2.34. The molecule has 2 aromatic rings. The summed E-state index contributed by atoms with van der Waals surface area (Å²) in [5, 5.41) is 9.69. The summed E-state index contributed by atoms with van der Waals surface area (Å²) in [5.41, 5.74) is 3.03. The summed E-state index contributed by atoms with van der Waals surface area (Å²) in [6.07, 6.45) is -2.70. The van der Waals surface area contributed by atoms with Gasteiger partial charge in [0.05, 0.1) is 18.2 Å². The maximum Gasteiger partial charge on any atom is 0.416 e. The van der Waals surface area contributed by atoms with Crippen molar-refractivity contribution in [1.82, 2.24) is 14.4 Å². The fourth-order valence-corrected chi connectivity index (χ4v) is 4.58. The Bertz CT molecular complexity index is 1110. The summed E-state index contributed by atoms with van der Waals surface area (Å²) in [5.74, 6) is -0.309. The van der Waals surface area contributed by atoms with Gasteiger partial charge in [-0.1, -0.05) is 12.1 Å². The number of aryl methyl sites for hydroxylation is 1. The van der Waals surface area contributed by atoms with Gasteiger partial charge < -0.3 is 14.2 Å². The highest BCUT2D eigenvalue weighted by molar-refractivity contribution is 6.01. The van der Waals surface area contributed by atoms with E-state index < -0.39 is 11.7 Å². The number of halogens is 3. The lowest BCUT2D eigenvalue weighted by atomic mass is 10.1. The van der Waals surface area contributed by atoms with Crippen LogP contribution in [0.15, 0.2) is 35.9 Å². The largest absolute Gasteiger partial charge is 0.416 e. The molecule has 35 heavy (non-hydrogen) atoms. The van der Waals surface area contributed by atoms with Crippen molar-refractivity contribution < 1.29 is 22.7 Å². The van der Waals surface area contributed by atoms with E-state index in [-0.39, 0.29) is 17.5 Å². The van der Waals surface area contributed by atoms with E-state index in [1.807, 2.05) is 19.9 Å². The van der Waals surface area contributed by atoms with E-state index in [9.17, 15) is 23.2 Å². The highest BCUT2D eigenvalue weighted by atomic mass is 19.4. The van der Waals surface area contributed by atoms with Crippen LogP contribution in [0.1, 0.15) is 41.0 Å². The zero-order valence-corrected chi connectivity index (χ0v) is 20.5. The smallest absolute Gasteiger partial charge is 0.383 e. The Balaban J connectivity index is 1.64. The Labute approximate surface area is 204 Å². The average molecular weight is 489 g/mol. The molecule has 0 bridgehead atoms. The minimum Gasteiger partial charge on any atom is -0.383 e. The van der Waals surface area contributed by atoms with Crippen LogP contribution in [0, 0.1) is 25.2 Å². The molecule has 0 N–H and O–H groups in total. The van der Waals surface area contributed by atoms with Gasteiger partial charge in [-0.15, -0.1) is 0 Å². The maximum atomic E-state index is 13.1. The van der Waals surface area contributed by atoms with Gasteiger partial charge in [-0.25, -0.2) is 0 Å². The topological polar surface area (TPSA) is 61.5 Å². The second-order valence-corrected chi connectivity index (χ2v) is 8.93. The first kappa shape index (κ1) is 26.5. The van der Waals surface area contributed by atoms with Crippen molar-refractivity contribution >= 4 is 12.0 Å². The zero-order chi connectivity index (χ0) is 25.8. The van der Waals surface area contributed by atoms with Crippen LogP contribution in [-0.2, 0) is 22.3 Å². The second kappa shape index (κ2) is 11.1. The Morgan fingerprint density at radius 2 is 1.80 bits per heavy atom. The minimum absolute atomic E-state index is 0.0841. The number of alkyl halides is 3. The molecule has 3 rings (SSSR count). The molecule has 1 saturated heterocycles. The molecule has 0 radical (unpaired) electrons. The summed E-state index contributed by atoms with van der Waals surface area (Å²) in [4.78, 5) is 16.8. The van der Waals surface area contributed by atoms with E-state index in [0.717, 1.165) is 34.6 Å². The van der Waals surface area contributed by atoms with Crippen molar-refractivity contribution in [3.05, 3.63) is 64.0 Å². The van der Waals surface area contributed by atoms with Crippen LogP contribution in [-0.4, -0.2) is 60.2 Å². The predicted molar refractivity (Wildman–Crippen MR) is 127 cm³/mol. The van der Waals surface area contributed by atoms with Gasteiger partial charge in [-0.3, -0.25) is 9.69 Å². The van der Waals surface area contributed by atoms with Crippen molar-refractivity contribution in [3.8, 4) is 6.07 Å². The molecular formula is C26H31F3N4O2. The SMILES string of the molecule is COCC(C)n1c(C)cc(/C=C(/C#N)C(=O)N2CCN(Cc3ccc(C(F)(F)F)cc3)CC2)c1C. The monoisotopic (exact) mass is 488 g/mol. The van der Waals surface area contributed by atoms with Gasteiger partial charge >= 0.3 is 6.18 Å². The van der Waals surface area contributed by atoms with Gasteiger partial charge in [0.2, 0.25) is 0 Å². The summed E-state index contributed by atoms with van der Waals surface area (Å²) in [6, 6.07) is 9.30. The second-order valence-electron chi connectivity index (χ2n) is 8.93. The van der Waals surface area contributed by atoms with Crippen LogP contribution in [0.4, 0.5) is 13.2 Å². The Hall–Kier alpha value is -3.09. The van der Waals surface area contributed by atoms with E-state index in [2.05, 4.69) is 22.5 Å². The predicted octanol–water partition coefficient (Wildman–Crippen LogP) is 4.58. The molecule has 9 heteroatoms. The fraction of sp³-hybridized carbons (Fsp3) is 0.462. The number of rotatable bonds is 7. The van der Waals surface area contributed by atoms with Crippen LogP contribution in [0.3, 0.4) is 0 Å². The number of carbonyl (C=O) groups is 1. The average Bonchev–Trinajstić information content (AvgIpc) is 3.10. The van der Waals surface area contributed by atoms with E-state index in [1.54, 1.807) is 18.1 Å². The molecule has 1 atom stereocenters. The molecule has 0 saturated carbocycles. The number of nitriles is 1. The maximum absolute atomic E-state index is 13.1. The molecule has 6 nitrogen and oxygen atoms in total. The van der Waals surface area contributed by atoms with Crippen LogP contribution < -0.4 is 0 Å². The zero-order valence-electron chi connectivity index (χ0n) is 20.5. The molecule has 0 aliphatic carbocycles. The number of benzene rings is 1. The van der Waals surface area contributed by atoms with Gasteiger partial charge in [0.1, 0.15) is 11.6 Å². The first-order chi connectivity index (χ1) is 16.5. The molecule has 2 heterocycles. The van der Waals surface area contributed by atoms with Crippen LogP contribution in [0.5, 0.6) is 0 Å². The molecular weight excluding hydrogens is 457 g/mol. The van der Waals surface area contributed by atoms with Gasteiger partial charge in [0.15, 0.2) is 0 Å². The van der Waals surface area contributed by atoms with Crippen LogP contribution in [0.25, 0.3) is 6.08 Å². The molecule has 1 aromatic carbocycles. The first-order valence-electron chi connectivity index (χ1n) is 11.5. The van der Waals surface area contributed by atoms with Crippen molar-refractivity contribution in [1.29, 1.82) is 5.26 Å². The van der Waals surface area contributed by atoms with Gasteiger partial charge in [-0.05, 0) is 56.2 Å². The van der Waals surface area contributed by atoms with Gasteiger partial charge in [0, 0.05) is 51.2 Å². The number of nitrogens with zero attached hydrogens (tertiary/aromatic N) is 4. The van der Waals surface area contributed by atoms with E-state index in [0.29, 0.717) is 39.3 Å². The highest BCUT2D eigenvalue weighted by Crippen LogP contribution is 2.29. The number of piperazine rings is 1. The van der Waals surface area contributed by atoms with Gasteiger partial charge in [0.25, 0.3) is 5.91 Å². The van der Waals surface area contributed by atoms with E-state index >= 15 is 0 Å². The van der Waals surface area contributed by atoms with Crippen molar-refractivity contribution in [2.45, 2.75) is 39.5 Å². The first-order valence-corrected chi connectivity index (χ1v) is 11.5. The fourth-order valence-electron chi connectivity index (χ4n) is 4.58. The Kier molecular flexibility index (Phi) is 8.41. The third kappa shape index (κ3) is 6.32. The normalized spacial score (nSPS) is 16.3. The molecule has 1 aliphatic heterocycles. The summed E-state index contributed by atoms with van der Waals surface area (Å²) >= 11 is 0.